The van der Waals surface area contributed by atoms with Crippen LogP contribution in [-0.2, 0) is 14.6 Å². The molecule has 0 radical (unpaired) electrons. The van der Waals surface area contributed by atoms with Crippen molar-refractivity contribution in [3.05, 3.63) is 34.5 Å². The van der Waals surface area contributed by atoms with E-state index in [4.69, 9.17) is 0 Å². The third-order valence-electron chi connectivity index (χ3n) is 2.21. The normalized spacial score (nSPS) is 17.0. The van der Waals surface area contributed by atoms with Gasteiger partial charge in [0.2, 0.25) is 9.84 Å². The Morgan fingerprint density at radius 1 is 1.33 bits per heavy atom. The van der Waals surface area contributed by atoms with Gasteiger partial charge in [0, 0.05) is 6.42 Å². The third-order valence-corrected chi connectivity index (χ3v) is 4.16. The van der Waals surface area contributed by atoms with Gasteiger partial charge in [-0.15, -0.1) is 0 Å². The molecule has 0 saturated carbocycles. The zero-order valence-electron chi connectivity index (χ0n) is 7.60. The number of carbonyl (C=O) groups excluding carboxylic acids is 1. The molecule has 1 heterocycles. The Morgan fingerprint density at radius 3 is 2.67 bits per heavy atom. The molecule has 15 heavy (non-hydrogen) atoms. The smallest absolute Gasteiger partial charge is 0.206 e. The molecular weight excluding hydrogens is 219 g/mol. The van der Waals surface area contributed by atoms with E-state index in [0.717, 1.165) is 6.07 Å². The van der Waals surface area contributed by atoms with Crippen molar-refractivity contribution in [2.45, 2.75) is 11.3 Å². The number of fused-ring (bicyclic) bond motifs is 1. The molecule has 1 aliphatic rings. The Bertz CT molecular complexity index is 558. The maximum Gasteiger partial charge on any atom is 0.206 e. The van der Waals surface area contributed by atoms with Crippen LogP contribution in [0, 0.1) is 5.82 Å². The van der Waals surface area contributed by atoms with Gasteiger partial charge in [0.25, 0.3) is 0 Å². The highest BCUT2D eigenvalue weighted by Crippen LogP contribution is 2.35. The molecule has 5 heteroatoms. The molecule has 78 valence electrons. The Labute approximate surface area is 86.1 Å². The lowest BCUT2D eigenvalue weighted by molar-refractivity contribution is -0.107. The van der Waals surface area contributed by atoms with Crippen LogP contribution < -0.4 is 0 Å². The van der Waals surface area contributed by atoms with Crippen LogP contribution >= 0.6 is 0 Å². The summed E-state index contributed by atoms with van der Waals surface area (Å²) in [5, 5.41) is 0. The van der Waals surface area contributed by atoms with E-state index in [1.807, 2.05) is 0 Å². The van der Waals surface area contributed by atoms with Crippen LogP contribution in [0.4, 0.5) is 4.39 Å². The quantitative estimate of drug-likeness (QED) is 0.719. The zero-order chi connectivity index (χ0) is 11.1. The number of aldehydes is 1. The molecule has 1 aliphatic heterocycles. The predicted molar refractivity (Wildman–Crippen MR) is 52.2 cm³/mol. The first-order valence-electron chi connectivity index (χ1n) is 4.25. The van der Waals surface area contributed by atoms with Crippen LogP contribution in [0.15, 0.2) is 28.0 Å². The van der Waals surface area contributed by atoms with E-state index in [1.54, 1.807) is 0 Å². The minimum Gasteiger partial charge on any atom is -0.303 e. The van der Waals surface area contributed by atoms with Gasteiger partial charge in [0.05, 0.1) is 4.91 Å². The van der Waals surface area contributed by atoms with Crippen LogP contribution in [0.1, 0.15) is 12.0 Å². The van der Waals surface area contributed by atoms with Gasteiger partial charge in [-0.1, -0.05) is 12.1 Å². The SMILES string of the molecule is O=CCC1=Cc2cccc(F)c2S1(=O)=O. The van der Waals surface area contributed by atoms with Crippen molar-refractivity contribution in [3.63, 3.8) is 0 Å². The molecule has 0 aliphatic carbocycles. The molecular formula is C10H7FO3S. The van der Waals surface area contributed by atoms with E-state index in [0.29, 0.717) is 11.8 Å². The first-order valence-corrected chi connectivity index (χ1v) is 5.73. The lowest BCUT2D eigenvalue weighted by atomic mass is 10.2. The Kier molecular flexibility index (Phi) is 2.19. The van der Waals surface area contributed by atoms with E-state index in [-0.39, 0.29) is 16.2 Å². The summed E-state index contributed by atoms with van der Waals surface area (Å²) in [6, 6.07) is 4.03. The number of hydrogen-bond donors (Lipinski definition) is 0. The fourth-order valence-electron chi connectivity index (χ4n) is 1.56. The van der Waals surface area contributed by atoms with Gasteiger partial charge in [-0.05, 0) is 17.7 Å². The van der Waals surface area contributed by atoms with Gasteiger partial charge in [0.1, 0.15) is 17.0 Å². The second-order valence-corrected chi connectivity index (χ2v) is 5.08. The summed E-state index contributed by atoms with van der Waals surface area (Å²) in [4.78, 5) is 9.92. The highest BCUT2D eigenvalue weighted by molar-refractivity contribution is 7.95. The maximum atomic E-state index is 13.3. The zero-order valence-corrected chi connectivity index (χ0v) is 8.42. The van der Waals surface area contributed by atoms with E-state index in [1.165, 1.54) is 18.2 Å². The molecule has 1 aromatic carbocycles. The lowest BCUT2D eigenvalue weighted by Gasteiger charge is -2.01. The van der Waals surface area contributed by atoms with Gasteiger partial charge >= 0.3 is 0 Å². The van der Waals surface area contributed by atoms with Gasteiger partial charge in [-0.3, -0.25) is 0 Å². The predicted octanol–water partition coefficient (Wildman–Crippen LogP) is 1.54. The average molecular weight is 226 g/mol. The summed E-state index contributed by atoms with van der Waals surface area (Å²) in [5.74, 6) is -0.773. The van der Waals surface area contributed by atoms with Gasteiger partial charge < -0.3 is 4.79 Å². The minimum absolute atomic E-state index is 0.0439. The van der Waals surface area contributed by atoms with Crippen LogP contribution in [0.3, 0.4) is 0 Å². The highest BCUT2D eigenvalue weighted by atomic mass is 32.2. The summed E-state index contributed by atoms with van der Waals surface area (Å²) in [6.45, 7) is 0. The Hall–Kier alpha value is -1.49. The molecule has 0 fully saturated rings. The maximum absolute atomic E-state index is 13.3. The third kappa shape index (κ3) is 1.39. The second-order valence-electron chi connectivity index (χ2n) is 3.14. The summed E-state index contributed by atoms with van der Waals surface area (Å²) in [6.07, 6.45) is 1.62. The van der Waals surface area contributed by atoms with Crippen LogP contribution in [0.2, 0.25) is 0 Å². The summed E-state index contributed by atoms with van der Waals surface area (Å²) in [5.41, 5.74) is 0.312. The first-order chi connectivity index (χ1) is 7.07. The Morgan fingerprint density at radius 2 is 2.07 bits per heavy atom. The topological polar surface area (TPSA) is 51.2 Å². The van der Waals surface area contributed by atoms with Crippen molar-refractivity contribution in [3.8, 4) is 0 Å². The number of halogens is 1. The highest BCUT2D eigenvalue weighted by Gasteiger charge is 2.31. The number of hydrogen-bond acceptors (Lipinski definition) is 3. The number of carbonyl (C=O) groups is 1. The van der Waals surface area contributed by atoms with Crippen LogP contribution in [-0.4, -0.2) is 14.7 Å². The molecule has 0 N–H and O–H groups in total. The molecule has 0 spiro atoms. The molecule has 0 atom stereocenters. The van der Waals surface area contributed by atoms with Crippen molar-refractivity contribution < 1.29 is 17.6 Å². The minimum atomic E-state index is -3.78. The molecule has 1 aromatic rings. The second kappa shape index (κ2) is 3.27. The van der Waals surface area contributed by atoms with E-state index in [2.05, 4.69) is 0 Å². The van der Waals surface area contributed by atoms with Gasteiger partial charge in [-0.25, -0.2) is 12.8 Å². The number of allylic oxidation sites excluding steroid dienone is 1. The van der Waals surface area contributed by atoms with E-state index >= 15 is 0 Å². The molecule has 0 unspecified atom stereocenters. The number of benzene rings is 1. The molecule has 3 nitrogen and oxygen atoms in total. The van der Waals surface area contributed by atoms with Crippen molar-refractivity contribution in [2.24, 2.45) is 0 Å². The van der Waals surface area contributed by atoms with Crippen molar-refractivity contribution in [2.75, 3.05) is 0 Å². The molecule has 0 bridgehead atoms. The van der Waals surface area contributed by atoms with Crippen molar-refractivity contribution in [1.29, 1.82) is 0 Å². The van der Waals surface area contributed by atoms with Gasteiger partial charge in [-0.2, -0.15) is 0 Å². The summed E-state index contributed by atoms with van der Waals surface area (Å²) < 4.78 is 36.8. The lowest BCUT2D eigenvalue weighted by Crippen LogP contribution is -2.03. The van der Waals surface area contributed by atoms with Crippen LogP contribution in [0.25, 0.3) is 6.08 Å². The van der Waals surface area contributed by atoms with Crippen molar-refractivity contribution in [1.82, 2.24) is 0 Å². The van der Waals surface area contributed by atoms with Gasteiger partial charge in [0.15, 0.2) is 0 Å². The monoisotopic (exact) mass is 226 g/mol. The summed E-state index contributed by atoms with van der Waals surface area (Å²) >= 11 is 0. The van der Waals surface area contributed by atoms with E-state index in [9.17, 15) is 17.6 Å². The first kappa shape index (κ1) is 10.0. The van der Waals surface area contributed by atoms with Crippen molar-refractivity contribution >= 4 is 22.2 Å². The van der Waals surface area contributed by atoms with Crippen LogP contribution in [0.5, 0.6) is 0 Å². The fourth-order valence-corrected chi connectivity index (χ4v) is 3.15. The largest absolute Gasteiger partial charge is 0.303 e. The number of sulfone groups is 1. The van der Waals surface area contributed by atoms with E-state index < -0.39 is 15.7 Å². The fraction of sp³-hybridized carbons (Fsp3) is 0.100. The number of rotatable bonds is 2. The summed E-state index contributed by atoms with van der Waals surface area (Å²) in [7, 11) is -3.78. The molecule has 0 saturated heterocycles. The standard InChI is InChI=1S/C10H7FO3S/c11-9-3-1-2-7-6-8(4-5-12)15(13,14)10(7)9/h1-3,5-6H,4H2. The molecule has 0 aromatic heterocycles. The Balaban J connectivity index is 2.68. The average Bonchev–Trinajstić information content (AvgIpc) is 2.40. The molecule has 0 amide bonds. The molecule has 2 rings (SSSR count).